The lowest BCUT2D eigenvalue weighted by Gasteiger charge is -2.35. The first-order valence-electron chi connectivity index (χ1n) is 13.9. The zero-order valence-corrected chi connectivity index (χ0v) is 23.0. The Balaban J connectivity index is 1.16. The summed E-state index contributed by atoms with van der Waals surface area (Å²) in [5, 5.41) is 15.4. The molecular weight excluding hydrogens is 511 g/mol. The van der Waals surface area contributed by atoms with Crippen LogP contribution in [0.25, 0.3) is 11.1 Å². The number of rotatable bonds is 5. The average molecular weight is 545 g/mol. The highest BCUT2D eigenvalue weighted by Gasteiger charge is 2.71. The number of carbonyl (C=O) groups excluding carboxylic acids is 3. The predicted octanol–water partition coefficient (Wildman–Crippen LogP) is 4.18. The number of piperidine rings is 1. The average Bonchev–Trinajstić information content (AvgIpc) is 3.21. The molecule has 2 heterocycles. The van der Waals surface area contributed by atoms with Gasteiger partial charge in [-0.3, -0.25) is 14.5 Å². The molecule has 6 rings (SSSR count). The molecule has 2 saturated carbocycles. The number of nitrogens with one attached hydrogen (secondary N) is 2. The molecule has 5 unspecified atom stereocenters. The van der Waals surface area contributed by atoms with Gasteiger partial charge in [0.1, 0.15) is 23.5 Å². The quantitative estimate of drug-likeness (QED) is 0.587. The van der Waals surface area contributed by atoms with Gasteiger partial charge in [-0.05, 0) is 91.3 Å². The Morgan fingerprint density at radius 2 is 1.93 bits per heavy atom. The van der Waals surface area contributed by atoms with Crippen molar-refractivity contribution in [2.24, 2.45) is 23.7 Å². The summed E-state index contributed by atoms with van der Waals surface area (Å²) in [6.45, 7) is 7.99. The van der Waals surface area contributed by atoms with Crippen molar-refractivity contribution in [2.45, 2.75) is 70.8 Å². The third kappa shape index (κ3) is 4.40. The second-order valence-corrected chi connectivity index (χ2v) is 12.6. The molecule has 9 heteroatoms. The highest BCUT2D eigenvalue weighted by atomic mass is 19.1. The van der Waals surface area contributed by atoms with Crippen molar-refractivity contribution in [1.82, 2.24) is 15.5 Å². The van der Waals surface area contributed by atoms with Crippen molar-refractivity contribution >= 4 is 17.9 Å². The lowest BCUT2D eigenvalue weighted by molar-refractivity contribution is -0.128. The summed E-state index contributed by atoms with van der Waals surface area (Å²) >= 11 is 0. The predicted molar refractivity (Wildman–Crippen MR) is 144 cm³/mol. The van der Waals surface area contributed by atoms with Crippen LogP contribution < -0.4 is 10.6 Å². The number of carbonyl (C=O) groups is 3. The monoisotopic (exact) mass is 544 g/mol. The molecule has 7 atom stereocenters. The van der Waals surface area contributed by atoms with Crippen LogP contribution in [-0.2, 0) is 22.5 Å². The van der Waals surface area contributed by atoms with Crippen LogP contribution in [0.3, 0.4) is 0 Å². The maximum absolute atomic E-state index is 15.2. The molecule has 2 N–H and O–H groups in total. The Kier molecular flexibility index (Phi) is 6.13. The van der Waals surface area contributed by atoms with Crippen LogP contribution >= 0.6 is 0 Å². The summed E-state index contributed by atoms with van der Waals surface area (Å²) in [5.74, 6) is 0.298. The molecule has 2 aromatic carbocycles. The molecule has 2 aliphatic carbocycles. The summed E-state index contributed by atoms with van der Waals surface area (Å²) in [5.41, 5.74) is 2.55. The van der Waals surface area contributed by atoms with Gasteiger partial charge in [0.05, 0.1) is 6.07 Å². The summed E-state index contributed by atoms with van der Waals surface area (Å²) in [4.78, 5) is 40.1. The van der Waals surface area contributed by atoms with Gasteiger partial charge in [0.15, 0.2) is 0 Å². The molecule has 8 nitrogen and oxygen atoms in total. The fourth-order valence-electron chi connectivity index (χ4n) is 7.25. The van der Waals surface area contributed by atoms with E-state index in [1.165, 1.54) is 6.07 Å². The van der Waals surface area contributed by atoms with Gasteiger partial charge in [0.2, 0.25) is 5.91 Å². The minimum Gasteiger partial charge on any atom is -0.444 e. The maximum Gasteiger partial charge on any atom is 0.411 e. The molecule has 3 amide bonds. The van der Waals surface area contributed by atoms with Crippen LogP contribution in [0.15, 0.2) is 36.4 Å². The molecule has 0 aromatic heterocycles. The van der Waals surface area contributed by atoms with Crippen LogP contribution in [-0.4, -0.2) is 46.5 Å². The Hall–Kier alpha value is -3.93. The lowest BCUT2D eigenvalue weighted by atomic mass is 9.94. The van der Waals surface area contributed by atoms with E-state index in [2.05, 4.69) is 23.6 Å². The fraction of sp³-hybridized carbons (Fsp3) is 0.484. The van der Waals surface area contributed by atoms with Crippen molar-refractivity contribution < 1.29 is 23.5 Å². The van der Waals surface area contributed by atoms with Crippen molar-refractivity contribution in [2.75, 3.05) is 0 Å². The molecule has 0 radical (unpaired) electrons. The first-order chi connectivity index (χ1) is 19.0. The molecule has 0 spiro atoms. The topological polar surface area (TPSA) is 112 Å². The van der Waals surface area contributed by atoms with Crippen LogP contribution in [0.1, 0.15) is 55.6 Å². The maximum atomic E-state index is 15.2. The second kappa shape index (κ2) is 9.33. The normalized spacial score (nSPS) is 28.3. The first kappa shape index (κ1) is 26.3. The molecule has 208 valence electrons. The molecular formula is C31H33FN4O4. The number of halogens is 1. The van der Waals surface area contributed by atoms with Gasteiger partial charge >= 0.3 is 6.09 Å². The standard InChI is InChI=1S/C31H33FN4O4/c1-15-25-22-12-24(26(15)25)36(30(39)40-31(2,3)4)27(22)29(38)35-20(13-33)10-18-6-5-17(11-23(18)32)16-7-8-21-19(9-16)14-34-28(21)37/h5-9,11,15,20,22,24-27H,10,12,14H2,1-4H3,(H,34,37)(H,35,38)/t15-,20-,22?,24?,25?,26?,27?/m0/s1. The summed E-state index contributed by atoms with van der Waals surface area (Å²) in [6.07, 6.45) is 0.253. The Morgan fingerprint density at radius 3 is 2.62 bits per heavy atom. The van der Waals surface area contributed by atoms with Gasteiger partial charge in [0, 0.05) is 24.6 Å². The Bertz CT molecular complexity index is 1460. The Morgan fingerprint density at radius 1 is 1.20 bits per heavy atom. The SMILES string of the molecule is C[C@H]1C2C3CC(C21)N(C(=O)OC(C)(C)C)C3C(=O)N[C@H](C#N)Cc1ccc(-c2ccc3c(c2)CNC3=O)cc1F. The van der Waals surface area contributed by atoms with E-state index in [1.807, 2.05) is 6.07 Å². The number of ether oxygens (including phenoxy) is 1. The van der Waals surface area contributed by atoms with Crippen molar-refractivity contribution in [3.05, 3.63) is 58.9 Å². The zero-order chi connectivity index (χ0) is 28.5. The number of fused-ring (bicyclic) bond motifs is 6. The van der Waals surface area contributed by atoms with E-state index in [-0.39, 0.29) is 30.2 Å². The van der Waals surface area contributed by atoms with Gasteiger partial charge in [-0.15, -0.1) is 0 Å². The van der Waals surface area contributed by atoms with Crippen LogP contribution in [0.4, 0.5) is 9.18 Å². The van der Waals surface area contributed by atoms with E-state index in [1.54, 1.807) is 49.9 Å². The molecule has 40 heavy (non-hydrogen) atoms. The van der Waals surface area contributed by atoms with Crippen molar-refractivity contribution in [3.8, 4) is 17.2 Å². The number of nitriles is 1. The number of nitrogens with zero attached hydrogens (tertiary/aromatic N) is 2. The van der Waals surface area contributed by atoms with Crippen LogP contribution in [0.2, 0.25) is 0 Å². The lowest BCUT2D eigenvalue weighted by Crippen LogP contribution is -2.56. The molecule has 2 aromatic rings. The second-order valence-electron chi connectivity index (χ2n) is 12.6. The summed E-state index contributed by atoms with van der Waals surface area (Å²) < 4.78 is 20.8. The minimum atomic E-state index is -0.961. The van der Waals surface area contributed by atoms with Gasteiger partial charge in [-0.2, -0.15) is 5.26 Å². The smallest absolute Gasteiger partial charge is 0.411 e. The van der Waals surface area contributed by atoms with E-state index < -0.39 is 29.6 Å². The molecule has 4 aliphatic rings. The van der Waals surface area contributed by atoms with Crippen LogP contribution in [0.5, 0.6) is 0 Å². The number of benzene rings is 2. The first-order valence-corrected chi connectivity index (χ1v) is 13.9. The molecule has 3 fully saturated rings. The third-order valence-electron chi connectivity index (χ3n) is 8.98. The molecule has 1 saturated heterocycles. The van der Waals surface area contributed by atoms with Gasteiger partial charge in [0.25, 0.3) is 5.91 Å². The van der Waals surface area contributed by atoms with Crippen molar-refractivity contribution in [3.63, 3.8) is 0 Å². The van der Waals surface area contributed by atoms with E-state index in [0.29, 0.717) is 41.0 Å². The minimum absolute atomic E-state index is 0.00727. The highest BCUT2D eigenvalue weighted by Crippen LogP contribution is 2.67. The van der Waals surface area contributed by atoms with E-state index in [0.717, 1.165) is 17.5 Å². The molecule has 2 bridgehead atoms. The van der Waals surface area contributed by atoms with Gasteiger partial charge in [-0.25, -0.2) is 9.18 Å². The number of likely N-dealkylation sites (tertiary alicyclic amines) is 1. The zero-order valence-electron chi connectivity index (χ0n) is 23.0. The van der Waals surface area contributed by atoms with E-state index in [9.17, 15) is 19.6 Å². The fourth-order valence-corrected chi connectivity index (χ4v) is 7.25. The van der Waals surface area contributed by atoms with Gasteiger partial charge in [-0.1, -0.05) is 25.1 Å². The summed E-state index contributed by atoms with van der Waals surface area (Å²) in [7, 11) is 0. The highest BCUT2D eigenvalue weighted by molar-refractivity contribution is 5.99. The van der Waals surface area contributed by atoms with Gasteiger partial charge < -0.3 is 15.4 Å². The Labute approximate surface area is 232 Å². The largest absolute Gasteiger partial charge is 0.444 e. The van der Waals surface area contributed by atoms with E-state index >= 15 is 4.39 Å². The van der Waals surface area contributed by atoms with Crippen LogP contribution in [0, 0.1) is 40.8 Å². The number of hydrogen-bond donors (Lipinski definition) is 2. The third-order valence-corrected chi connectivity index (χ3v) is 8.98. The van der Waals surface area contributed by atoms with E-state index in [4.69, 9.17) is 4.74 Å². The number of hydrogen-bond acceptors (Lipinski definition) is 5. The number of amides is 3. The van der Waals surface area contributed by atoms with Crippen molar-refractivity contribution in [1.29, 1.82) is 5.26 Å². The molecule has 2 aliphatic heterocycles. The summed E-state index contributed by atoms with van der Waals surface area (Å²) in [6, 6.07) is 10.6.